The van der Waals surface area contributed by atoms with Gasteiger partial charge in [0.1, 0.15) is 6.54 Å². The van der Waals surface area contributed by atoms with Crippen molar-refractivity contribution in [1.29, 1.82) is 0 Å². The maximum Gasteiger partial charge on any atom is 0.332 e. The minimum Gasteiger partial charge on any atom is -0.338 e. The summed E-state index contributed by atoms with van der Waals surface area (Å²) in [5.41, 5.74) is -0.269. The fraction of sp³-hybridized carbons (Fsp3) is 0.600. The molecule has 0 aromatic carbocycles. The van der Waals surface area contributed by atoms with E-state index in [-0.39, 0.29) is 24.0 Å². The molecule has 1 saturated heterocycles. The van der Waals surface area contributed by atoms with Crippen LogP contribution in [0.4, 0.5) is 0 Å². The average Bonchev–Trinajstić information content (AvgIpc) is 2.95. The molecule has 0 spiro atoms. The summed E-state index contributed by atoms with van der Waals surface area (Å²) in [5.74, 6) is -0.0209. The van der Waals surface area contributed by atoms with Crippen LogP contribution in [-0.4, -0.2) is 42.1 Å². The number of carbonyl (C=O) groups is 1. The summed E-state index contributed by atoms with van der Waals surface area (Å²) < 4.78 is 3.90. The molecule has 2 aromatic heterocycles. The van der Waals surface area contributed by atoms with E-state index in [0.717, 1.165) is 30.4 Å². The molecule has 0 aliphatic carbocycles. The summed E-state index contributed by atoms with van der Waals surface area (Å²) in [6.07, 6.45) is 4.61. The first kappa shape index (κ1) is 15.5. The van der Waals surface area contributed by atoms with Gasteiger partial charge in [0.05, 0.1) is 6.33 Å². The molecule has 1 aliphatic rings. The number of carbonyl (C=O) groups excluding carboxylic acids is 1. The molecule has 0 saturated carbocycles. The smallest absolute Gasteiger partial charge is 0.332 e. The van der Waals surface area contributed by atoms with E-state index in [1.807, 2.05) is 11.8 Å². The van der Waals surface area contributed by atoms with E-state index < -0.39 is 11.2 Å². The van der Waals surface area contributed by atoms with Crippen LogP contribution in [-0.2, 0) is 25.4 Å². The zero-order valence-electron chi connectivity index (χ0n) is 13.7. The van der Waals surface area contributed by atoms with Gasteiger partial charge >= 0.3 is 5.69 Å². The van der Waals surface area contributed by atoms with Crippen molar-refractivity contribution >= 4 is 17.1 Å². The second-order valence-corrected chi connectivity index (χ2v) is 6.18. The molecule has 23 heavy (non-hydrogen) atoms. The van der Waals surface area contributed by atoms with Crippen LogP contribution in [0.25, 0.3) is 11.2 Å². The average molecular weight is 319 g/mol. The molecule has 3 rings (SSSR count). The topological polar surface area (TPSA) is 82.1 Å². The summed E-state index contributed by atoms with van der Waals surface area (Å²) in [6, 6.07) is 0.221. The number of hydrogen-bond acceptors (Lipinski definition) is 4. The van der Waals surface area contributed by atoms with Crippen LogP contribution in [0, 0.1) is 0 Å². The summed E-state index contributed by atoms with van der Waals surface area (Å²) in [7, 11) is 2.99. The minimum absolute atomic E-state index is 0.0209. The lowest BCUT2D eigenvalue weighted by Crippen LogP contribution is -2.44. The van der Waals surface area contributed by atoms with Crippen molar-refractivity contribution in [2.24, 2.45) is 14.1 Å². The summed E-state index contributed by atoms with van der Waals surface area (Å²) in [5, 5.41) is 0. The Kier molecular flexibility index (Phi) is 3.83. The van der Waals surface area contributed by atoms with E-state index in [4.69, 9.17) is 0 Å². The van der Waals surface area contributed by atoms with Gasteiger partial charge in [0.25, 0.3) is 5.56 Å². The largest absolute Gasteiger partial charge is 0.338 e. The predicted molar refractivity (Wildman–Crippen MR) is 85.2 cm³/mol. The predicted octanol–water partition coefficient (Wildman–Crippen LogP) is -0.165. The van der Waals surface area contributed by atoms with E-state index in [1.165, 1.54) is 17.9 Å². The molecule has 1 atom stereocenters. The second kappa shape index (κ2) is 5.68. The SMILES string of the molecule is C[C@H]1CCCCN1C(=O)Cn1cnc2c1c(=O)n(C)c(=O)n2C. The van der Waals surface area contributed by atoms with Crippen LogP contribution in [0.2, 0.25) is 0 Å². The third-order valence-electron chi connectivity index (χ3n) is 4.65. The number of fused-ring (bicyclic) bond motifs is 1. The first-order chi connectivity index (χ1) is 10.9. The van der Waals surface area contributed by atoms with E-state index in [2.05, 4.69) is 4.98 Å². The fourth-order valence-corrected chi connectivity index (χ4v) is 3.22. The molecule has 1 amide bonds. The van der Waals surface area contributed by atoms with Crippen molar-refractivity contribution < 1.29 is 4.79 Å². The highest BCUT2D eigenvalue weighted by atomic mass is 16.2. The van der Waals surface area contributed by atoms with Crippen molar-refractivity contribution in [2.75, 3.05) is 6.54 Å². The van der Waals surface area contributed by atoms with Gasteiger partial charge in [-0.25, -0.2) is 9.78 Å². The molecule has 1 fully saturated rings. The Morgan fingerprint density at radius 3 is 2.70 bits per heavy atom. The number of hydrogen-bond donors (Lipinski definition) is 0. The Balaban J connectivity index is 2.00. The van der Waals surface area contributed by atoms with Crippen molar-refractivity contribution in [3.63, 3.8) is 0 Å². The highest BCUT2D eigenvalue weighted by molar-refractivity contribution is 5.79. The quantitative estimate of drug-likeness (QED) is 0.770. The molecule has 0 bridgehead atoms. The molecule has 8 heteroatoms. The third-order valence-corrected chi connectivity index (χ3v) is 4.65. The van der Waals surface area contributed by atoms with Gasteiger partial charge in [-0.3, -0.25) is 18.7 Å². The number of imidazole rings is 1. The molecule has 2 aromatic rings. The number of rotatable bonds is 2. The Bertz CT molecular complexity index is 876. The van der Waals surface area contributed by atoms with Gasteiger partial charge in [-0.15, -0.1) is 0 Å². The molecule has 0 unspecified atom stereocenters. The zero-order valence-corrected chi connectivity index (χ0v) is 13.7. The minimum atomic E-state index is -0.430. The van der Waals surface area contributed by atoms with Gasteiger partial charge in [0, 0.05) is 26.7 Å². The Morgan fingerprint density at radius 1 is 1.26 bits per heavy atom. The maximum absolute atomic E-state index is 12.6. The fourth-order valence-electron chi connectivity index (χ4n) is 3.22. The van der Waals surface area contributed by atoms with Crippen LogP contribution in [0.1, 0.15) is 26.2 Å². The molecular formula is C15H21N5O3. The van der Waals surface area contributed by atoms with Crippen molar-refractivity contribution in [1.82, 2.24) is 23.6 Å². The maximum atomic E-state index is 12.6. The molecule has 1 aliphatic heterocycles. The Labute approximate surface area is 132 Å². The van der Waals surface area contributed by atoms with Crippen molar-refractivity contribution in [3.8, 4) is 0 Å². The first-order valence-corrected chi connectivity index (χ1v) is 7.82. The van der Waals surface area contributed by atoms with E-state index in [0.29, 0.717) is 5.65 Å². The molecular weight excluding hydrogens is 298 g/mol. The first-order valence-electron chi connectivity index (χ1n) is 7.82. The van der Waals surface area contributed by atoms with Crippen LogP contribution < -0.4 is 11.2 Å². The third kappa shape index (κ3) is 2.47. The standard InChI is InChI=1S/C15H21N5O3/c1-10-6-4-5-7-20(10)11(21)8-19-9-16-13-12(19)14(22)18(3)15(23)17(13)2/h9-10H,4-8H2,1-3H3/t10-/m0/s1. The number of nitrogens with zero attached hydrogens (tertiary/aromatic N) is 5. The lowest BCUT2D eigenvalue weighted by atomic mass is 10.0. The van der Waals surface area contributed by atoms with Gasteiger partial charge in [-0.1, -0.05) is 0 Å². The zero-order chi connectivity index (χ0) is 16.7. The number of likely N-dealkylation sites (tertiary alicyclic amines) is 1. The van der Waals surface area contributed by atoms with Gasteiger partial charge in [-0.2, -0.15) is 0 Å². The summed E-state index contributed by atoms with van der Waals surface area (Å²) in [6.45, 7) is 2.86. The molecule has 124 valence electrons. The Morgan fingerprint density at radius 2 is 2.00 bits per heavy atom. The van der Waals surface area contributed by atoms with Gasteiger partial charge in [0.2, 0.25) is 5.91 Å². The van der Waals surface area contributed by atoms with Gasteiger partial charge < -0.3 is 9.47 Å². The molecule has 3 heterocycles. The van der Waals surface area contributed by atoms with E-state index in [1.54, 1.807) is 11.6 Å². The monoisotopic (exact) mass is 319 g/mol. The van der Waals surface area contributed by atoms with Crippen molar-refractivity contribution in [2.45, 2.75) is 38.8 Å². The summed E-state index contributed by atoms with van der Waals surface area (Å²) in [4.78, 5) is 42.9. The number of aromatic nitrogens is 4. The van der Waals surface area contributed by atoms with Gasteiger partial charge in [0.15, 0.2) is 11.2 Å². The molecule has 8 nitrogen and oxygen atoms in total. The van der Waals surface area contributed by atoms with Crippen LogP contribution in [0.5, 0.6) is 0 Å². The normalized spacial score (nSPS) is 18.6. The highest BCUT2D eigenvalue weighted by Gasteiger charge is 2.24. The molecule has 0 radical (unpaired) electrons. The van der Waals surface area contributed by atoms with Crippen molar-refractivity contribution in [3.05, 3.63) is 27.2 Å². The number of piperidine rings is 1. The van der Waals surface area contributed by atoms with Crippen LogP contribution in [0.3, 0.4) is 0 Å². The summed E-state index contributed by atoms with van der Waals surface area (Å²) >= 11 is 0. The highest BCUT2D eigenvalue weighted by Crippen LogP contribution is 2.17. The Hall–Kier alpha value is -2.38. The van der Waals surface area contributed by atoms with Crippen LogP contribution in [0.15, 0.2) is 15.9 Å². The van der Waals surface area contributed by atoms with E-state index in [9.17, 15) is 14.4 Å². The van der Waals surface area contributed by atoms with Crippen LogP contribution >= 0.6 is 0 Å². The number of amides is 1. The van der Waals surface area contributed by atoms with E-state index >= 15 is 0 Å². The lowest BCUT2D eigenvalue weighted by Gasteiger charge is -2.33. The second-order valence-electron chi connectivity index (χ2n) is 6.18. The molecule has 0 N–H and O–H groups in total. The van der Waals surface area contributed by atoms with Gasteiger partial charge in [-0.05, 0) is 26.2 Å². The number of aryl methyl sites for hydroxylation is 1. The lowest BCUT2D eigenvalue weighted by molar-refractivity contribution is -0.135.